The van der Waals surface area contributed by atoms with Crippen LogP contribution in [0, 0.1) is 11.3 Å². The molecule has 0 aliphatic rings. The summed E-state index contributed by atoms with van der Waals surface area (Å²) < 4.78 is 0. The van der Waals surface area contributed by atoms with Gasteiger partial charge < -0.3 is 10.6 Å². The third kappa shape index (κ3) is 4.30. The van der Waals surface area contributed by atoms with E-state index in [4.69, 9.17) is 5.26 Å². The number of nitrogens with one attached hydrogen (secondary N) is 2. The molecule has 0 fully saturated rings. The number of nitrogens with zero attached hydrogens (tertiary/aromatic N) is 4. The second-order valence-corrected chi connectivity index (χ2v) is 5.83. The van der Waals surface area contributed by atoms with Gasteiger partial charge in [0.2, 0.25) is 0 Å². The predicted molar refractivity (Wildman–Crippen MR) is 98.5 cm³/mol. The van der Waals surface area contributed by atoms with E-state index in [9.17, 15) is 0 Å². The smallest absolute Gasteiger partial charge is 0.163 e. The number of pyridine rings is 1. The minimum atomic E-state index is 0.245. The third-order valence-corrected chi connectivity index (χ3v) is 3.33. The molecule has 0 amide bonds. The van der Waals surface area contributed by atoms with Crippen LogP contribution in [0.3, 0.4) is 0 Å². The van der Waals surface area contributed by atoms with E-state index in [-0.39, 0.29) is 6.04 Å². The maximum Gasteiger partial charge on any atom is 0.163 e. The van der Waals surface area contributed by atoms with Crippen molar-refractivity contribution in [3.8, 4) is 17.5 Å². The summed E-state index contributed by atoms with van der Waals surface area (Å²) in [5.41, 5.74) is 2.12. The Balaban J connectivity index is 1.98. The molecule has 3 rings (SSSR count). The molecule has 25 heavy (non-hydrogen) atoms. The Morgan fingerprint density at radius 2 is 1.76 bits per heavy atom. The van der Waals surface area contributed by atoms with Crippen LogP contribution in [0.25, 0.3) is 11.4 Å². The maximum absolute atomic E-state index is 9.01. The van der Waals surface area contributed by atoms with E-state index in [1.54, 1.807) is 12.3 Å². The van der Waals surface area contributed by atoms with E-state index >= 15 is 0 Å². The van der Waals surface area contributed by atoms with Crippen LogP contribution in [0.2, 0.25) is 0 Å². The first kappa shape index (κ1) is 16.4. The first-order valence-electron chi connectivity index (χ1n) is 7.97. The van der Waals surface area contributed by atoms with Gasteiger partial charge in [-0.25, -0.2) is 9.97 Å². The second-order valence-electron chi connectivity index (χ2n) is 5.83. The number of rotatable bonds is 5. The van der Waals surface area contributed by atoms with Crippen molar-refractivity contribution in [2.45, 2.75) is 19.9 Å². The molecule has 0 spiro atoms. The molecule has 0 aliphatic heterocycles. The summed E-state index contributed by atoms with van der Waals surface area (Å²) in [4.78, 5) is 13.2. The van der Waals surface area contributed by atoms with E-state index in [1.165, 1.54) is 6.20 Å². The monoisotopic (exact) mass is 330 g/mol. The summed E-state index contributed by atoms with van der Waals surface area (Å²) >= 11 is 0. The molecular formula is C19H18N6. The third-order valence-electron chi connectivity index (χ3n) is 3.33. The second kappa shape index (κ2) is 7.41. The number of hydrogen-bond donors (Lipinski definition) is 2. The van der Waals surface area contributed by atoms with Gasteiger partial charge in [0.1, 0.15) is 17.7 Å². The highest BCUT2D eigenvalue weighted by Crippen LogP contribution is 2.23. The molecule has 2 heterocycles. The van der Waals surface area contributed by atoms with Gasteiger partial charge in [0, 0.05) is 23.9 Å². The topological polar surface area (TPSA) is 86.5 Å². The molecule has 6 nitrogen and oxygen atoms in total. The van der Waals surface area contributed by atoms with Crippen molar-refractivity contribution < 1.29 is 0 Å². The molecule has 0 saturated carbocycles. The van der Waals surface area contributed by atoms with Gasteiger partial charge in [-0.2, -0.15) is 5.26 Å². The zero-order chi connectivity index (χ0) is 17.6. The lowest BCUT2D eigenvalue weighted by molar-refractivity contribution is 0.887. The summed E-state index contributed by atoms with van der Waals surface area (Å²) in [6.45, 7) is 4.11. The number of benzene rings is 1. The first-order chi connectivity index (χ1) is 12.1. The molecule has 0 unspecified atom stereocenters. The van der Waals surface area contributed by atoms with Crippen LogP contribution >= 0.6 is 0 Å². The van der Waals surface area contributed by atoms with Crippen LogP contribution in [0.4, 0.5) is 17.3 Å². The van der Waals surface area contributed by atoms with E-state index < -0.39 is 0 Å². The molecule has 0 atom stereocenters. The fourth-order valence-electron chi connectivity index (χ4n) is 2.31. The van der Waals surface area contributed by atoms with Gasteiger partial charge in [-0.1, -0.05) is 30.3 Å². The van der Waals surface area contributed by atoms with E-state index in [2.05, 4.69) is 45.5 Å². The Bertz CT molecular complexity index is 899. The maximum atomic E-state index is 9.01. The largest absolute Gasteiger partial charge is 0.368 e. The molecule has 0 bridgehead atoms. The summed E-state index contributed by atoms with van der Waals surface area (Å²) in [6, 6.07) is 15.7. The molecule has 0 saturated heterocycles. The first-order valence-corrected chi connectivity index (χ1v) is 7.97. The molecule has 1 aromatic carbocycles. The van der Waals surface area contributed by atoms with E-state index in [0.29, 0.717) is 22.9 Å². The molecule has 2 aromatic heterocycles. The van der Waals surface area contributed by atoms with Crippen LogP contribution in [0.15, 0.2) is 54.9 Å². The summed E-state index contributed by atoms with van der Waals surface area (Å²) in [6.07, 6.45) is 3.17. The van der Waals surface area contributed by atoms with E-state index in [0.717, 1.165) is 11.4 Å². The molecular weight excluding hydrogens is 312 g/mol. The molecule has 0 aliphatic carbocycles. The van der Waals surface area contributed by atoms with Gasteiger partial charge in [-0.15, -0.1) is 0 Å². The van der Waals surface area contributed by atoms with Crippen LogP contribution in [-0.4, -0.2) is 21.0 Å². The van der Waals surface area contributed by atoms with Crippen molar-refractivity contribution >= 4 is 17.3 Å². The lowest BCUT2D eigenvalue weighted by Gasteiger charge is -2.13. The van der Waals surface area contributed by atoms with Gasteiger partial charge in [0.15, 0.2) is 5.82 Å². The Kier molecular flexibility index (Phi) is 4.86. The van der Waals surface area contributed by atoms with Crippen molar-refractivity contribution in [2.24, 2.45) is 0 Å². The van der Waals surface area contributed by atoms with Crippen molar-refractivity contribution in [1.29, 1.82) is 5.26 Å². The number of aromatic nitrogens is 3. The van der Waals surface area contributed by atoms with Gasteiger partial charge in [0.05, 0.1) is 17.4 Å². The fraction of sp³-hybridized carbons (Fsp3) is 0.158. The lowest BCUT2D eigenvalue weighted by atomic mass is 10.2. The zero-order valence-corrected chi connectivity index (χ0v) is 14.1. The van der Waals surface area contributed by atoms with Gasteiger partial charge in [-0.3, -0.25) is 4.98 Å². The predicted octanol–water partition coefficient (Wildman–Crippen LogP) is 3.97. The normalized spacial score (nSPS) is 10.3. The van der Waals surface area contributed by atoms with Gasteiger partial charge in [-0.05, 0) is 19.9 Å². The Morgan fingerprint density at radius 1 is 1.00 bits per heavy atom. The quantitative estimate of drug-likeness (QED) is 0.736. The minimum Gasteiger partial charge on any atom is -0.368 e. The summed E-state index contributed by atoms with van der Waals surface area (Å²) in [5.74, 6) is 1.99. The van der Waals surface area contributed by atoms with Crippen LogP contribution in [-0.2, 0) is 0 Å². The summed E-state index contributed by atoms with van der Waals surface area (Å²) in [5, 5.41) is 15.5. The van der Waals surface area contributed by atoms with Crippen molar-refractivity contribution in [3.63, 3.8) is 0 Å². The molecule has 0 radical (unpaired) electrons. The average Bonchev–Trinajstić information content (AvgIpc) is 2.62. The van der Waals surface area contributed by atoms with Crippen molar-refractivity contribution in [3.05, 3.63) is 60.4 Å². The van der Waals surface area contributed by atoms with Gasteiger partial charge >= 0.3 is 0 Å². The lowest BCUT2D eigenvalue weighted by Crippen LogP contribution is -2.12. The highest BCUT2D eigenvalue weighted by atomic mass is 15.1. The highest BCUT2D eigenvalue weighted by molar-refractivity contribution is 5.65. The van der Waals surface area contributed by atoms with Crippen LogP contribution in [0.5, 0.6) is 0 Å². The number of hydrogen-bond acceptors (Lipinski definition) is 6. The van der Waals surface area contributed by atoms with Crippen LogP contribution < -0.4 is 10.6 Å². The van der Waals surface area contributed by atoms with Gasteiger partial charge in [0.25, 0.3) is 0 Å². The number of anilines is 3. The average molecular weight is 330 g/mol. The molecule has 6 heteroatoms. The SMILES string of the molecule is CC(C)Nc1cc(Nc2cncc(C#N)c2)nc(-c2ccccc2)n1. The van der Waals surface area contributed by atoms with E-state index in [1.807, 2.05) is 36.4 Å². The molecule has 2 N–H and O–H groups in total. The Hall–Kier alpha value is -3.46. The summed E-state index contributed by atoms with van der Waals surface area (Å²) in [7, 11) is 0. The van der Waals surface area contributed by atoms with Crippen LogP contribution in [0.1, 0.15) is 19.4 Å². The van der Waals surface area contributed by atoms with Crippen molar-refractivity contribution in [2.75, 3.05) is 10.6 Å². The highest BCUT2D eigenvalue weighted by Gasteiger charge is 2.08. The Morgan fingerprint density at radius 3 is 2.48 bits per heavy atom. The molecule has 124 valence electrons. The number of nitriles is 1. The van der Waals surface area contributed by atoms with Crippen molar-refractivity contribution in [1.82, 2.24) is 15.0 Å². The standard InChI is InChI=1S/C19H18N6/c1-13(2)22-17-9-18(23-16-8-14(10-20)11-21-12-16)25-19(24-17)15-6-4-3-5-7-15/h3-9,11-13H,1-2H3,(H2,22,23,24,25). The molecule has 3 aromatic rings. The Labute approximate surface area is 146 Å². The zero-order valence-electron chi connectivity index (χ0n) is 14.1. The minimum absolute atomic E-state index is 0.245. The fourth-order valence-corrected chi connectivity index (χ4v) is 2.31.